The SMILES string of the molecule is CCC(=O)Nc1ccc(C(=O)N/N=C\c2cc(Br)ccc2OC(=O)c2ccc(Cl)cc2Cl)cc1. The van der Waals surface area contributed by atoms with Gasteiger partial charge >= 0.3 is 5.97 Å². The maximum Gasteiger partial charge on any atom is 0.345 e. The lowest BCUT2D eigenvalue weighted by atomic mass is 10.2. The molecule has 3 aromatic rings. The fourth-order valence-electron chi connectivity index (χ4n) is 2.70. The molecule has 7 nitrogen and oxygen atoms in total. The average Bonchev–Trinajstić information content (AvgIpc) is 2.81. The third-order valence-corrected chi connectivity index (χ3v) is 5.49. The predicted molar refractivity (Wildman–Crippen MR) is 136 cm³/mol. The lowest BCUT2D eigenvalue weighted by Crippen LogP contribution is -2.18. The van der Waals surface area contributed by atoms with Crippen LogP contribution in [0.25, 0.3) is 0 Å². The summed E-state index contributed by atoms with van der Waals surface area (Å²) in [7, 11) is 0. The number of esters is 1. The maximum atomic E-state index is 12.6. The molecule has 2 amide bonds. The number of rotatable bonds is 7. The van der Waals surface area contributed by atoms with E-state index in [-0.39, 0.29) is 22.2 Å². The van der Waals surface area contributed by atoms with Gasteiger partial charge in [0.25, 0.3) is 5.91 Å². The Kier molecular flexibility index (Phi) is 8.81. The van der Waals surface area contributed by atoms with Crippen LogP contribution in [0.2, 0.25) is 10.0 Å². The molecule has 3 rings (SSSR count). The number of hydrogen-bond donors (Lipinski definition) is 2. The van der Waals surface area contributed by atoms with E-state index in [0.29, 0.717) is 32.7 Å². The minimum absolute atomic E-state index is 0.120. The fourth-order valence-corrected chi connectivity index (χ4v) is 3.57. The van der Waals surface area contributed by atoms with Crippen LogP contribution in [0, 0.1) is 0 Å². The van der Waals surface area contributed by atoms with Gasteiger partial charge in [-0.2, -0.15) is 5.10 Å². The van der Waals surface area contributed by atoms with Crippen molar-refractivity contribution in [1.82, 2.24) is 5.43 Å². The molecule has 0 unspecified atom stereocenters. The molecule has 0 saturated carbocycles. The zero-order valence-corrected chi connectivity index (χ0v) is 20.9. The Morgan fingerprint density at radius 1 is 1.03 bits per heavy atom. The molecule has 0 aliphatic carbocycles. The van der Waals surface area contributed by atoms with Crippen LogP contribution in [0.15, 0.2) is 70.2 Å². The third-order valence-electron chi connectivity index (χ3n) is 4.45. The van der Waals surface area contributed by atoms with Crippen molar-refractivity contribution in [3.8, 4) is 5.75 Å². The van der Waals surface area contributed by atoms with Gasteiger partial charge in [-0.15, -0.1) is 0 Å². The topological polar surface area (TPSA) is 96.9 Å². The Hall–Kier alpha value is -3.20. The molecule has 0 aliphatic heterocycles. The van der Waals surface area contributed by atoms with Gasteiger partial charge in [-0.1, -0.05) is 46.1 Å². The molecule has 34 heavy (non-hydrogen) atoms. The van der Waals surface area contributed by atoms with Gasteiger partial charge in [0, 0.05) is 32.7 Å². The first-order valence-electron chi connectivity index (χ1n) is 9.97. The number of halogens is 3. The van der Waals surface area contributed by atoms with Crippen LogP contribution in [-0.4, -0.2) is 24.0 Å². The number of nitrogens with one attached hydrogen (secondary N) is 2. The van der Waals surface area contributed by atoms with Crippen LogP contribution in [-0.2, 0) is 4.79 Å². The second-order valence-corrected chi connectivity index (χ2v) is 8.63. The zero-order chi connectivity index (χ0) is 24.7. The first-order chi connectivity index (χ1) is 16.3. The minimum atomic E-state index is -0.669. The molecule has 0 aromatic heterocycles. The van der Waals surface area contributed by atoms with Crippen molar-refractivity contribution in [3.63, 3.8) is 0 Å². The summed E-state index contributed by atoms with van der Waals surface area (Å²) in [5.74, 6) is -1.03. The molecule has 174 valence electrons. The monoisotopic (exact) mass is 561 g/mol. The van der Waals surface area contributed by atoms with Gasteiger partial charge in [0.05, 0.1) is 16.8 Å². The molecular weight excluding hydrogens is 545 g/mol. The fraction of sp³-hybridized carbons (Fsp3) is 0.0833. The Morgan fingerprint density at radius 2 is 1.76 bits per heavy atom. The zero-order valence-electron chi connectivity index (χ0n) is 17.8. The summed E-state index contributed by atoms with van der Waals surface area (Å²) in [6, 6.07) is 15.8. The Morgan fingerprint density at radius 3 is 2.44 bits per heavy atom. The minimum Gasteiger partial charge on any atom is -0.422 e. The van der Waals surface area contributed by atoms with Gasteiger partial charge in [0.1, 0.15) is 5.75 Å². The van der Waals surface area contributed by atoms with E-state index in [1.54, 1.807) is 49.4 Å². The van der Waals surface area contributed by atoms with Crippen LogP contribution in [0.4, 0.5) is 5.69 Å². The molecular formula is C24H18BrCl2N3O4. The molecule has 0 saturated heterocycles. The number of hydrogen-bond acceptors (Lipinski definition) is 5. The van der Waals surface area contributed by atoms with Crippen LogP contribution >= 0.6 is 39.1 Å². The van der Waals surface area contributed by atoms with Crippen molar-refractivity contribution in [2.24, 2.45) is 5.10 Å². The molecule has 10 heteroatoms. The summed E-state index contributed by atoms with van der Waals surface area (Å²) >= 11 is 15.3. The number of benzene rings is 3. The Balaban J connectivity index is 1.70. The number of carbonyl (C=O) groups is 3. The van der Waals surface area contributed by atoms with E-state index >= 15 is 0 Å². The van der Waals surface area contributed by atoms with Gasteiger partial charge in [-0.25, -0.2) is 10.2 Å². The first-order valence-corrected chi connectivity index (χ1v) is 11.5. The summed E-state index contributed by atoms with van der Waals surface area (Å²) in [6.07, 6.45) is 1.71. The highest BCUT2D eigenvalue weighted by atomic mass is 79.9. The molecule has 0 aliphatic rings. The second-order valence-electron chi connectivity index (χ2n) is 6.87. The van der Waals surface area contributed by atoms with Crippen molar-refractivity contribution in [1.29, 1.82) is 0 Å². The number of anilines is 1. The third kappa shape index (κ3) is 6.90. The van der Waals surface area contributed by atoms with Gasteiger partial charge in [-0.05, 0) is 60.7 Å². The van der Waals surface area contributed by atoms with Crippen LogP contribution in [0.5, 0.6) is 5.75 Å². The van der Waals surface area contributed by atoms with Crippen LogP contribution < -0.4 is 15.5 Å². The van der Waals surface area contributed by atoms with Gasteiger partial charge in [-0.3, -0.25) is 9.59 Å². The van der Waals surface area contributed by atoms with Crippen LogP contribution in [0.1, 0.15) is 39.6 Å². The summed E-state index contributed by atoms with van der Waals surface area (Å²) in [5, 5.41) is 7.23. The average molecular weight is 563 g/mol. The molecule has 3 aromatic carbocycles. The van der Waals surface area contributed by atoms with E-state index in [4.69, 9.17) is 27.9 Å². The van der Waals surface area contributed by atoms with Gasteiger partial charge in [0.15, 0.2) is 0 Å². The normalized spacial score (nSPS) is 10.7. The lowest BCUT2D eigenvalue weighted by Gasteiger charge is -2.09. The highest BCUT2D eigenvalue weighted by Gasteiger charge is 2.15. The maximum absolute atomic E-state index is 12.6. The van der Waals surface area contributed by atoms with Crippen molar-refractivity contribution in [3.05, 3.63) is 91.9 Å². The van der Waals surface area contributed by atoms with Crippen molar-refractivity contribution >= 4 is 68.8 Å². The molecule has 0 atom stereocenters. The van der Waals surface area contributed by atoms with E-state index in [9.17, 15) is 14.4 Å². The highest BCUT2D eigenvalue weighted by molar-refractivity contribution is 9.10. The van der Waals surface area contributed by atoms with Crippen LogP contribution in [0.3, 0.4) is 0 Å². The predicted octanol–water partition coefficient (Wildman–Crippen LogP) is 6.09. The molecule has 2 N–H and O–H groups in total. The molecule has 0 bridgehead atoms. The van der Waals surface area contributed by atoms with Crippen molar-refractivity contribution in [2.75, 3.05) is 5.32 Å². The summed E-state index contributed by atoms with van der Waals surface area (Å²) < 4.78 is 6.19. The van der Waals surface area contributed by atoms with E-state index in [2.05, 4.69) is 31.8 Å². The lowest BCUT2D eigenvalue weighted by molar-refractivity contribution is -0.115. The number of hydrazone groups is 1. The van der Waals surface area contributed by atoms with Crippen molar-refractivity contribution < 1.29 is 19.1 Å². The molecule has 0 spiro atoms. The number of carbonyl (C=O) groups excluding carboxylic acids is 3. The number of nitrogens with zero attached hydrogens (tertiary/aromatic N) is 1. The van der Waals surface area contributed by atoms with Gasteiger partial charge < -0.3 is 10.1 Å². The van der Waals surface area contributed by atoms with Crippen molar-refractivity contribution in [2.45, 2.75) is 13.3 Å². The first kappa shape index (κ1) is 25.4. The molecule has 0 radical (unpaired) electrons. The summed E-state index contributed by atoms with van der Waals surface area (Å²) in [5.41, 5.74) is 3.95. The summed E-state index contributed by atoms with van der Waals surface area (Å²) in [4.78, 5) is 36.4. The molecule has 0 heterocycles. The van der Waals surface area contributed by atoms with E-state index in [1.807, 2.05) is 0 Å². The highest BCUT2D eigenvalue weighted by Crippen LogP contribution is 2.26. The Bertz CT molecular complexity index is 1260. The largest absolute Gasteiger partial charge is 0.422 e. The Labute approximate surface area is 214 Å². The van der Waals surface area contributed by atoms with Gasteiger partial charge in [0.2, 0.25) is 5.91 Å². The molecule has 0 fully saturated rings. The van der Waals surface area contributed by atoms with E-state index < -0.39 is 11.9 Å². The van der Waals surface area contributed by atoms with E-state index in [1.165, 1.54) is 24.4 Å². The summed E-state index contributed by atoms with van der Waals surface area (Å²) in [6.45, 7) is 1.75. The quantitative estimate of drug-likeness (QED) is 0.158. The second kappa shape index (κ2) is 11.8. The standard InChI is InChI=1S/C24H18BrCl2N3O4/c1-2-22(31)29-18-7-3-14(4-8-18)23(32)30-28-13-15-11-16(25)5-10-21(15)34-24(33)19-9-6-17(26)12-20(19)27/h3-13H,2H2,1H3,(H,29,31)(H,30,32)/b28-13-. The number of ether oxygens (including phenoxy) is 1. The van der Waals surface area contributed by atoms with E-state index in [0.717, 1.165) is 0 Å². The number of amides is 2. The smallest absolute Gasteiger partial charge is 0.345 e.